The molecule has 3 aromatic rings. The Balaban J connectivity index is 1.83. The van der Waals surface area contributed by atoms with Gasteiger partial charge in [-0.3, -0.25) is 4.79 Å². The van der Waals surface area contributed by atoms with Crippen molar-refractivity contribution in [3.63, 3.8) is 0 Å². The van der Waals surface area contributed by atoms with Gasteiger partial charge in [0, 0.05) is 14.6 Å². The van der Waals surface area contributed by atoms with E-state index in [-0.39, 0.29) is 12.3 Å². The molecule has 4 nitrogen and oxygen atoms in total. The first-order valence-corrected chi connectivity index (χ1v) is 8.43. The summed E-state index contributed by atoms with van der Waals surface area (Å²) >= 11 is 2.25. The monoisotopic (exact) mass is 420 g/mol. The highest BCUT2D eigenvalue weighted by atomic mass is 127. The third-order valence-corrected chi connectivity index (χ3v) is 4.44. The fraction of sp³-hybridized carbons (Fsp3) is 0.222. The van der Waals surface area contributed by atoms with Crippen molar-refractivity contribution in [1.29, 1.82) is 0 Å². The van der Waals surface area contributed by atoms with E-state index in [9.17, 15) is 4.79 Å². The first kappa shape index (κ1) is 16.0. The van der Waals surface area contributed by atoms with E-state index in [1.54, 1.807) is 0 Å². The van der Waals surface area contributed by atoms with Gasteiger partial charge in [-0.25, -0.2) is 0 Å². The van der Waals surface area contributed by atoms with Gasteiger partial charge in [0.25, 0.3) is 0 Å². The lowest BCUT2D eigenvalue weighted by atomic mass is 10.1. The number of carbonyl (C=O) groups is 1. The fourth-order valence-corrected chi connectivity index (χ4v) is 3.33. The molecule has 0 radical (unpaired) electrons. The van der Waals surface area contributed by atoms with Gasteiger partial charge in [-0.15, -0.1) is 0 Å². The Morgan fingerprint density at radius 3 is 2.70 bits per heavy atom. The van der Waals surface area contributed by atoms with Gasteiger partial charge in [-0.2, -0.15) is 0 Å². The van der Waals surface area contributed by atoms with E-state index in [0.717, 1.165) is 36.9 Å². The number of carbonyl (C=O) groups excluding carboxylic acids is 1. The number of rotatable bonds is 3. The van der Waals surface area contributed by atoms with E-state index in [1.165, 1.54) is 0 Å². The van der Waals surface area contributed by atoms with Crippen molar-refractivity contribution in [1.82, 2.24) is 5.16 Å². The average Bonchev–Trinajstić information content (AvgIpc) is 2.85. The lowest BCUT2D eigenvalue weighted by Gasteiger charge is -2.08. The van der Waals surface area contributed by atoms with Gasteiger partial charge in [0.05, 0.1) is 6.42 Å². The summed E-state index contributed by atoms with van der Waals surface area (Å²) in [7, 11) is 0. The zero-order valence-electron chi connectivity index (χ0n) is 13.2. The van der Waals surface area contributed by atoms with E-state index >= 15 is 0 Å². The molecule has 1 amide bonds. The van der Waals surface area contributed by atoms with Gasteiger partial charge in [0.1, 0.15) is 5.69 Å². The van der Waals surface area contributed by atoms with Gasteiger partial charge >= 0.3 is 0 Å². The normalized spacial score (nSPS) is 11.0. The van der Waals surface area contributed by atoms with Crippen LogP contribution in [0.1, 0.15) is 22.4 Å². The number of benzene rings is 2. The van der Waals surface area contributed by atoms with E-state index in [4.69, 9.17) is 4.52 Å². The van der Waals surface area contributed by atoms with Crippen LogP contribution in [0.2, 0.25) is 0 Å². The third kappa shape index (κ3) is 3.39. The molecule has 0 saturated heterocycles. The molecule has 0 aliphatic rings. The number of fused-ring (bicyclic) bond motifs is 1. The molecule has 0 unspecified atom stereocenters. The Labute approximate surface area is 148 Å². The molecule has 3 rings (SSSR count). The van der Waals surface area contributed by atoms with Gasteiger partial charge in [-0.05, 0) is 84.3 Å². The van der Waals surface area contributed by atoms with Gasteiger partial charge in [0.2, 0.25) is 5.91 Å². The Morgan fingerprint density at radius 2 is 1.96 bits per heavy atom. The Kier molecular flexibility index (Phi) is 4.39. The quantitative estimate of drug-likeness (QED) is 0.634. The van der Waals surface area contributed by atoms with E-state index in [2.05, 4.69) is 33.1 Å². The zero-order chi connectivity index (χ0) is 16.6. The Bertz CT molecular complexity index is 899. The molecule has 1 aromatic heterocycles. The van der Waals surface area contributed by atoms with Crippen LogP contribution in [0.4, 0.5) is 5.69 Å². The van der Waals surface area contributed by atoms with Crippen molar-refractivity contribution in [2.75, 3.05) is 5.32 Å². The predicted octanol–water partition coefficient (Wildman–Crippen LogP) is 4.54. The minimum atomic E-state index is -0.0938. The third-order valence-electron chi connectivity index (χ3n) is 3.77. The first-order chi connectivity index (χ1) is 10.9. The topological polar surface area (TPSA) is 55.1 Å². The smallest absolute Gasteiger partial charge is 0.230 e. The summed E-state index contributed by atoms with van der Waals surface area (Å²) in [5.41, 5.74) is 5.47. The van der Waals surface area contributed by atoms with Crippen LogP contribution in [0.5, 0.6) is 0 Å². The SMILES string of the molecule is Cc1cc(C)c2onc(CC(=O)Nc3ccc(I)cc3C)c2c1. The Morgan fingerprint density at radius 1 is 1.17 bits per heavy atom. The number of aromatic nitrogens is 1. The van der Waals surface area contributed by atoms with Crippen molar-refractivity contribution in [3.05, 3.63) is 56.3 Å². The summed E-state index contributed by atoms with van der Waals surface area (Å²) in [6.07, 6.45) is 0.196. The largest absolute Gasteiger partial charge is 0.356 e. The van der Waals surface area contributed by atoms with Gasteiger partial charge in [0.15, 0.2) is 5.58 Å². The fourth-order valence-electron chi connectivity index (χ4n) is 2.68. The molecule has 2 aromatic carbocycles. The molecule has 0 bridgehead atoms. The number of aryl methyl sites for hydroxylation is 3. The van der Waals surface area contributed by atoms with Gasteiger partial charge < -0.3 is 9.84 Å². The second-order valence-corrected chi connectivity index (χ2v) is 7.02. The minimum absolute atomic E-state index is 0.0938. The predicted molar refractivity (Wildman–Crippen MR) is 99.7 cm³/mol. The molecule has 0 spiro atoms. The highest BCUT2D eigenvalue weighted by Crippen LogP contribution is 2.24. The minimum Gasteiger partial charge on any atom is -0.356 e. The maximum absolute atomic E-state index is 12.3. The number of anilines is 1. The number of hydrogen-bond donors (Lipinski definition) is 1. The van der Waals surface area contributed by atoms with E-state index < -0.39 is 0 Å². The summed E-state index contributed by atoms with van der Waals surface area (Å²) in [6.45, 7) is 5.99. The molecule has 0 aliphatic heterocycles. The number of nitrogens with one attached hydrogen (secondary N) is 1. The molecule has 5 heteroatoms. The second kappa shape index (κ2) is 6.31. The van der Waals surface area contributed by atoms with Crippen molar-refractivity contribution in [3.8, 4) is 0 Å². The summed E-state index contributed by atoms with van der Waals surface area (Å²) in [6, 6.07) is 9.99. The lowest BCUT2D eigenvalue weighted by molar-refractivity contribution is -0.115. The second-order valence-electron chi connectivity index (χ2n) is 5.77. The molecule has 1 heterocycles. The van der Waals surface area contributed by atoms with Crippen molar-refractivity contribution < 1.29 is 9.32 Å². The van der Waals surface area contributed by atoms with Crippen LogP contribution in [-0.2, 0) is 11.2 Å². The summed E-state index contributed by atoms with van der Waals surface area (Å²) < 4.78 is 6.54. The average molecular weight is 420 g/mol. The number of amides is 1. The van der Waals surface area contributed by atoms with Crippen LogP contribution >= 0.6 is 22.6 Å². The zero-order valence-corrected chi connectivity index (χ0v) is 15.4. The molecular weight excluding hydrogens is 403 g/mol. The highest BCUT2D eigenvalue weighted by molar-refractivity contribution is 14.1. The van der Waals surface area contributed by atoms with Crippen molar-refractivity contribution in [2.24, 2.45) is 0 Å². The van der Waals surface area contributed by atoms with Crippen LogP contribution in [-0.4, -0.2) is 11.1 Å². The standard InChI is InChI=1S/C18H17IN2O2/c1-10-6-12(3)18-14(7-10)16(21-23-18)9-17(22)20-15-5-4-13(19)8-11(15)2/h4-8H,9H2,1-3H3,(H,20,22). The van der Waals surface area contributed by atoms with Gasteiger partial charge in [-0.1, -0.05) is 11.2 Å². The first-order valence-electron chi connectivity index (χ1n) is 7.35. The molecule has 0 saturated carbocycles. The summed E-state index contributed by atoms with van der Waals surface area (Å²) in [5.74, 6) is -0.0938. The molecule has 23 heavy (non-hydrogen) atoms. The van der Waals surface area contributed by atoms with Crippen molar-refractivity contribution >= 4 is 45.2 Å². The van der Waals surface area contributed by atoms with Crippen LogP contribution in [0.3, 0.4) is 0 Å². The van der Waals surface area contributed by atoms with Crippen LogP contribution in [0.15, 0.2) is 34.9 Å². The molecule has 0 atom stereocenters. The lowest BCUT2D eigenvalue weighted by Crippen LogP contribution is -2.15. The molecular formula is C18H17IN2O2. The number of hydrogen-bond acceptors (Lipinski definition) is 3. The number of halogens is 1. The van der Waals surface area contributed by atoms with E-state index in [0.29, 0.717) is 5.69 Å². The number of nitrogens with zero attached hydrogens (tertiary/aromatic N) is 1. The summed E-state index contributed by atoms with van der Waals surface area (Å²) in [5, 5.41) is 7.94. The maximum atomic E-state index is 12.3. The Hall–Kier alpha value is -1.89. The van der Waals surface area contributed by atoms with E-state index in [1.807, 2.05) is 51.1 Å². The van der Waals surface area contributed by atoms with Crippen LogP contribution in [0.25, 0.3) is 11.0 Å². The van der Waals surface area contributed by atoms with Crippen molar-refractivity contribution in [2.45, 2.75) is 27.2 Å². The maximum Gasteiger partial charge on any atom is 0.230 e. The van der Waals surface area contributed by atoms with Crippen LogP contribution < -0.4 is 5.32 Å². The highest BCUT2D eigenvalue weighted by Gasteiger charge is 2.15. The molecule has 0 aliphatic carbocycles. The van der Waals surface area contributed by atoms with Crippen LogP contribution in [0, 0.1) is 24.3 Å². The summed E-state index contributed by atoms with van der Waals surface area (Å²) in [4.78, 5) is 12.3. The molecule has 1 N–H and O–H groups in total. The molecule has 0 fully saturated rings. The molecule has 118 valence electrons.